The zero-order valence-electron chi connectivity index (χ0n) is 13.7. The van der Waals surface area contributed by atoms with Crippen LogP contribution in [0.5, 0.6) is 11.5 Å². The van der Waals surface area contributed by atoms with Crippen molar-refractivity contribution in [2.45, 2.75) is 17.9 Å². The maximum Gasteiger partial charge on any atom is 0.243 e. The Kier molecular flexibility index (Phi) is 3.47. The smallest absolute Gasteiger partial charge is 0.243 e. The second-order valence-corrected chi connectivity index (χ2v) is 8.75. The van der Waals surface area contributed by atoms with Gasteiger partial charge in [0.25, 0.3) is 0 Å². The standard InChI is InChI=1S/C18H15ClN2O4S/c19-11-1-3-15-13(7-11)14-9-21(6-5-16(14)20-15)26(22,23)12-2-4-17-18(8-12)25-10-24-17/h1-4,7-8,20H,5-6,9-10H2. The molecule has 0 unspecified atom stereocenters. The van der Waals surface area contributed by atoms with Gasteiger partial charge in [-0.25, -0.2) is 8.42 Å². The Bertz CT molecular complexity index is 1140. The molecule has 0 saturated carbocycles. The lowest BCUT2D eigenvalue weighted by atomic mass is 10.1. The van der Waals surface area contributed by atoms with Crippen molar-refractivity contribution in [2.24, 2.45) is 0 Å². The van der Waals surface area contributed by atoms with E-state index in [1.165, 1.54) is 10.4 Å². The lowest BCUT2D eigenvalue weighted by Gasteiger charge is -2.26. The predicted octanol–water partition coefficient (Wildman–Crippen LogP) is 3.30. The molecule has 26 heavy (non-hydrogen) atoms. The van der Waals surface area contributed by atoms with E-state index >= 15 is 0 Å². The van der Waals surface area contributed by atoms with Gasteiger partial charge in [-0.2, -0.15) is 4.31 Å². The van der Waals surface area contributed by atoms with Crippen LogP contribution in [0.25, 0.3) is 10.9 Å². The van der Waals surface area contributed by atoms with E-state index in [2.05, 4.69) is 4.98 Å². The van der Waals surface area contributed by atoms with E-state index in [0.29, 0.717) is 36.0 Å². The van der Waals surface area contributed by atoms with Crippen LogP contribution < -0.4 is 9.47 Å². The van der Waals surface area contributed by atoms with Crippen molar-refractivity contribution >= 4 is 32.5 Å². The van der Waals surface area contributed by atoms with E-state index in [4.69, 9.17) is 21.1 Å². The molecule has 6 nitrogen and oxygen atoms in total. The maximum atomic E-state index is 13.1. The molecule has 0 saturated heterocycles. The summed E-state index contributed by atoms with van der Waals surface area (Å²) in [5.41, 5.74) is 3.03. The summed E-state index contributed by atoms with van der Waals surface area (Å²) in [6, 6.07) is 10.3. The van der Waals surface area contributed by atoms with Gasteiger partial charge in [0.1, 0.15) is 0 Å². The van der Waals surface area contributed by atoms with Gasteiger partial charge >= 0.3 is 0 Å². The van der Waals surface area contributed by atoms with Gasteiger partial charge in [0, 0.05) is 47.2 Å². The fourth-order valence-corrected chi connectivity index (χ4v) is 5.15. The lowest BCUT2D eigenvalue weighted by molar-refractivity contribution is 0.174. The summed E-state index contributed by atoms with van der Waals surface area (Å²) >= 11 is 6.12. The molecule has 3 heterocycles. The molecule has 2 aliphatic heterocycles. The van der Waals surface area contributed by atoms with Crippen LogP contribution in [0.1, 0.15) is 11.3 Å². The van der Waals surface area contributed by atoms with Crippen molar-refractivity contribution in [3.8, 4) is 11.5 Å². The number of sulfonamides is 1. The molecule has 0 radical (unpaired) electrons. The number of nitrogens with zero attached hydrogens (tertiary/aromatic N) is 1. The summed E-state index contributed by atoms with van der Waals surface area (Å²) in [5, 5.41) is 1.60. The fraction of sp³-hybridized carbons (Fsp3) is 0.222. The van der Waals surface area contributed by atoms with Crippen molar-refractivity contribution in [3.63, 3.8) is 0 Å². The second kappa shape index (κ2) is 5.64. The number of fused-ring (bicyclic) bond motifs is 4. The highest BCUT2D eigenvalue weighted by molar-refractivity contribution is 7.89. The van der Waals surface area contributed by atoms with E-state index in [9.17, 15) is 8.42 Å². The molecule has 0 bridgehead atoms. The van der Waals surface area contributed by atoms with Crippen LogP contribution >= 0.6 is 11.6 Å². The number of aromatic amines is 1. The number of halogens is 1. The first kappa shape index (κ1) is 16.0. The van der Waals surface area contributed by atoms with Crippen LogP contribution in [0.15, 0.2) is 41.3 Å². The molecule has 5 rings (SSSR count). The van der Waals surface area contributed by atoms with Crippen molar-refractivity contribution in [3.05, 3.63) is 52.7 Å². The summed E-state index contributed by atoms with van der Waals surface area (Å²) < 4.78 is 38.3. The Hall–Kier alpha value is -2.22. The largest absolute Gasteiger partial charge is 0.454 e. The summed E-state index contributed by atoms with van der Waals surface area (Å²) in [5.74, 6) is 1.03. The second-order valence-electron chi connectivity index (χ2n) is 6.38. The third kappa shape index (κ3) is 2.39. The Morgan fingerprint density at radius 2 is 1.92 bits per heavy atom. The Labute approximate surface area is 155 Å². The van der Waals surface area contributed by atoms with Gasteiger partial charge in [0.05, 0.1) is 4.90 Å². The van der Waals surface area contributed by atoms with Gasteiger partial charge in [0.15, 0.2) is 11.5 Å². The SMILES string of the molecule is O=S(=O)(c1ccc2c(c1)OCO2)N1CCc2[nH]c3ccc(Cl)cc3c2C1. The molecule has 0 spiro atoms. The van der Waals surface area contributed by atoms with E-state index in [1.54, 1.807) is 12.1 Å². The van der Waals surface area contributed by atoms with Crippen molar-refractivity contribution in [1.29, 1.82) is 0 Å². The fourth-order valence-electron chi connectivity index (χ4n) is 3.55. The van der Waals surface area contributed by atoms with Crippen LogP contribution in [-0.2, 0) is 23.0 Å². The van der Waals surface area contributed by atoms with Gasteiger partial charge < -0.3 is 14.5 Å². The normalized spacial score (nSPS) is 16.8. The first-order valence-electron chi connectivity index (χ1n) is 8.21. The highest BCUT2D eigenvalue weighted by Crippen LogP contribution is 2.36. The minimum absolute atomic E-state index is 0.113. The van der Waals surface area contributed by atoms with Crippen LogP contribution in [0.2, 0.25) is 5.02 Å². The molecule has 0 fully saturated rings. The lowest BCUT2D eigenvalue weighted by Crippen LogP contribution is -2.35. The molecule has 1 aromatic heterocycles. The van der Waals surface area contributed by atoms with Crippen molar-refractivity contribution in [1.82, 2.24) is 9.29 Å². The number of aromatic nitrogens is 1. The summed E-state index contributed by atoms with van der Waals surface area (Å²) in [6.45, 7) is 0.846. The molecule has 3 aromatic rings. The molecule has 0 amide bonds. The van der Waals surface area contributed by atoms with Crippen LogP contribution in [0, 0.1) is 0 Å². The van der Waals surface area contributed by atoms with E-state index < -0.39 is 10.0 Å². The zero-order chi connectivity index (χ0) is 17.9. The summed E-state index contributed by atoms with van der Waals surface area (Å²) in [4.78, 5) is 3.58. The van der Waals surface area contributed by atoms with Crippen molar-refractivity contribution < 1.29 is 17.9 Å². The van der Waals surface area contributed by atoms with Crippen molar-refractivity contribution in [2.75, 3.05) is 13.3 Å². The number of hydrogen-bond donors (Lipinski definition) is 1. The zero-order valence-corrected chi connectivity index (χ0v) is 15.2. The average molecular weight is 391 g/mol. The number of ether oxygens (including phenoxy) is 2. The summed E-state index contributed by atoms with van der Waals surface area (Å²) in [6.07, 6.45) is 0.630. The number of rotatable bonds is 2. The first-order chi connectivity index (χ1) is 12.5. The maximum absolute atomic E-state index is 13.1. The minimum Gasteiger partial charge on any atom is -0.454 e. The quantitative estimate of drug-likeness (QED) is 0.728. The highest BCUT2D eigenvalue weighted by Gasteiger charge is 2.31. The van der Waals surface area contributed by atoms with E-state index in [0.717, 1.165) is 22.2 Å². The van der Waals surface area contributed by atoms with Crippen LogP contribution in [0.3, 0.4) is 0 Å². The van der Waals surface area contributed by atoms with E-state index in [1.807, 2.05) is 18.2 Å². The van der Waals surface area contributed by atoms with Gasteiger partial charge in [-0.15, -0.1) is 0 Å². The molecule has 0 aliphatic carbocycles. The third-order valence-electron chi connectivity index (χ3n) is 4.88. The number of hydrogen-bond acceptors (Lipinski definition) is 4. The van der Waals surface area contributed by atoms with Gasteiger partial charge in [-0.05, 0) is 35.9 Å². The predicted molar refractivity (Wildman–Crippen MR) is 97.2 cm³/mol. The highest BCUT2D eigenvalue weighted by atomic mass is 35.5. The minimum atomic E-state index is -3.63. The number of H-pyrrole nitrogens is 1. The number of nitrogens with one attached hydrogen (secondary N) is 1. The third-order valence-corrected chi connectivity index (χ3v) is 6.96. The molecule has 8 heteroatoms. The van der Waals surface area contributed by atoms with Crippen LogP contribution in [-0.4, -0.2) is 31.0 Å². The van der Waals surface area contributed by atoms with Gasteiger partial charge in [0.2, 0.25) is 16.8 Å². The van der Waals surface area contributed by atoms with Gasteiger partial charge in [-0.3, -0.25) is 0 Å². The Morgan fingerprint density at radius 3 is 2.81 bits per heavy atom. The molecule has 2 aromatic carbocycles. The Morgan fingerprint density at radius 1 is 1.08 bits per heavy atom. The van der Waals surface area contributed by atoms with E-state index in [-0.39, 0.29) is 11.7 Å². The van der Waals surface area contributed by atoms with Crippen LogP contribution in [0.4, 0.5) is 0 Å². The first-order valence-corrected chi connectivity index (χ1v) is 10.0. The van der Waals surface area contributed by atoms with Gasteiger partial charge in [-0.1, -0.05) is 11.6 Å². The monoisotopic (exact) mass is 390 g/mol. The Balaban J connectivity index is 1.53. The average Bonchev–Trinajstić information content (AvgIpc) is 3.24. The summed E-state index contributed by atoms with van der Waals surface area (Å²) in [7, 11) is -3.63. The topological polar surface area (TPSA) is 71.6 Å². The molecule has 134 valence electrons. The molecular formula is C18H15ClN2O4S. The molecule has 2 aliphatic rings. The molecule has 1 N–H and O–H groups in total. The number of benzene rings is 2. The molecule has 0 atom stereocenters. The molecular weight excluding hydrogens is 376 g/mol.